The molecule has 25 heavy (non-hydrogen) atoms. The van der Waals surface area contributed by atoms with Gasteiger partial charge in [0.25, 0.3) is 0 Å². The van der Waals surface area contributed by atoms with Gasteiger partial charge in [0, 0.05) is 16.7 Å². The lowest BCUT2D eigenvalue weighted by molar-refractivity contribution is 0.780. The lowest BCUT2D eigenvalue weighted by Gasteiger charge is -2.12. The number of anilines is 1. The molecular formula is C20H18BrClN2S. The molecule has 2 N–H and O–H groups in total. The Balaban J connectivity index is 1.49. The summed E-state index contributed by atoms with van der Waals surface area (Å²) in [6, 6.07) is 20.6. The zero-order valence-corrected chi connectivity index (χ0v) is 16.7. The van der Waals surface area contributed by atoms with E-state index < -0.39 is 0 Å². The van der Waals surface area contributed by atoms with Crippen LogP contribution >= 0.6 is 39.7 Å². The lowest BCUT2D eigenvalue weighted by Crippen LogP contribution is -2.29. The molecule has 0 spiro atoms. The van der Waals surface area contributed by atoms with Crippen LogP contribution in [0.25, 0.3) is 10.8 Å². The highest BCUT2D eigenvalue weighted by Crippen LogP contribution is 2.25. The first-order valence-electron chi connectivity index (χ1n) is 8.10. The van der Waals surface area contributed by atoms with Crippen LogP contribution in [0.3, 0.4) is 0 Å². The van der Waals surface area contributed by atoms with Crippen molar-refractivity contribution in [1.29, 1.82) is 0 Å². The molecule has 0 amide bonds. The molecule has 0 aliphatic carbocycles. The van der Waals surface area contributed by atoms with Gasteiger partial charge < -0.3 is 10.6 Å². The Morgan fingerprint density at radius 3 is 2.68 bits per heavy atom. The molecule has 0 saturated carbocycles. The highest BCUT2D eigenvalue weighted by atomic mass is 79.9. The van der Waals surface area contributed by atoms with Crippen LogP contribution < -0.4 is 10.6 Å². The summed E-state index contributed by atoms with van der Waals surface area (Å²) in [6.45, 7) is 0.819. The van der Waals surface area contributed by atoms with E-state index in [4.69, 9.17) is 23.8 Å². The van der Waals surface area contributed by atoms with Crippen LogP contribution in [-0.2, 0) is 6.42 Å². The monoisotopic (exact) mass is 432 g/mol. The van der Waals surface area contributed by atoms with Crippen molar-refractivity contribution >= 4 is 61.3 Å². The summed E-state index contributed by atoms with van der Waals surface area (Å²) >= 11 is 14.8. The van der Waals surface area contributed by atoms with E-state index in [1.54, 1.807) is 0 Å². The van der Waals surface area contributed by atoms with E-state index >= 15 is 0 Å². The van der Waals surface area contributed by atoms with Gasteiger partial charge in [-0.15, -0.1) is 0 Å². The van der Waals surface area contributed by atoms with E-state index in [-0.39, 0.29) is 0 Å². The minimum absolute atomic E-state index is 0.608. The van der Waals surface area contributed by atoms with Gasteiger partial charge in [0.2, 0.25) is 0 Å². The average Bonchev–Trinajstić information content (AvgIpc) is 2.62. The molecule has 3 aromatic rings. The summed E-state index contributed by atoms with van der Waals surface area (Å²) in [4.78, 5) is 0. The van der Waals surface area contributed by atoms with E-state index in [0.717, 1.165) is 29.5 Å². The predicted molar refractivity (Wildman–Crippen MR) is 116 cm³/mol. The molecule has 0 aliphatic rings. The fourth-order valence-electron chi connectivity index (χ4n) is 2.74. The molecule has 5 heteroatoms. The first-order chi connectivity index (χ1) is 12.1. The van der Waals surface area contributed by atoms with Crippen molar-refractivity contribution in [1.82, 2.24) is 5.32 Å². The Labute approximate surface area is 166 Å². The van der Waals surface area contributed by atoms with Crippen LogP contribution in [0.5, 0.6) is 0 Å². The molecule has 2 nitrogen and oxygen atoms in total. The molecule has 3 rings (SSSR count). The quantitative estimate of drug-likeness (QED) is 0.371. The number of halogens is 2. The summed E-state index contributed by atoms with van der Waals surface area (Å²) < 4.78 is 0.869. The van der Waals surface area contributed by atoms with Gasteiger partial charge in [-0.3, -0.25) is 0 Å². The van der Waals surface area contributed by atoms with Crippen molar-refractivity contribution in [3.05, 3.63) is 75.7 Å². The lowest BCUT2D eigenvalue weighted by atomic mass is 10.0. The Hall–Kier alpha value is -1.62. The number of hydrogen-bond donors (Lipinski definition) is 2. The minimum Gasteiger partial charge on any atom is -0.362 e. The number of fused-ring (bicyclic) bond motifs is 1. The molecular weight excluding hydrogens is 416 g/mol. The molecule has 0 saturated heterocycles. The number of hydrogen-bond acceptors (Lipinski definition) is 1. The second-order valence-corrected chi connectivity index (χ2v) is 7.42. The second kappa shape index (κ2) is 8.65. The number of benzene rings is 3. The fourth-order valence-corrected chi connectivity index (χ4v) is 3.39. The summed E-state index contributed by atoms with van der Waals surface area (Å²) in [5.74, 6) is 0. The largest absolute Gasteiger partial charge is 0.362 e. The van der Waals surface area contributed by atoms with Crippen molar-refractivity contribution in [3.63, 3.8) is 0 Å². The summed E-state index contributed by atoms with van der Waals surface area (Å²) in [5.41, 5.74) is 2.25. The first-order valence-corrected chi connectivity index (χ1v) is 9.68. The van der Waals surface area contributed by atoms with E-state index in [9.17, 15) is 0 Å². The van der Waals surface area contributed by atoms with Crippen LogP contribution in [-0.4, -0.2) is 11.7 Å². The van der Waals surface area contributed by atoms with Crippen LogP contribution in [0.2, 0.25) is 5.02 Å². The zero-order valence-electron chi connectivity index (χ0n) is 13.6. The van der Waals surface area contributed by atoms with Crippen molar-refractivity contribution in [2.24, 2.45) is 0 Å². The number of nitrogens with one attached hydrogen (secondary N) is 2. The molecule has 3 aromatic carbocycles. The van der Waals surface area contributed by atoms with E-state index in [0.29, 0.717) is 10.1 Å². The summed E-state index contributed by atoms with van der Waals surface area (Å²) in [6.07, 6.45) is 2.03. The van der Waals surface area contributed by atoms with Crippen molar-refractivity contribution < 1.29 is 0 Å². The van der Waals surface area contributed by atoms with Gasteiger partial charge >= 0.3 is 0 Å². The molecule has 0 radical (unpaired) electrons. The van der Waals surface area contributed by atoms with Crippen molar-refractivity contribution in [2.75, 3.05) is 11.9 Å². The predicted octanol–water partition coefficient (Wildman–Crippen LogP) is 6.17. The van der Waals surface area contributed by atoms with Crippen LogP contribution in [0.1, 0.15) is 12.0 Å². The first kappa shape index (κ1) is 18.2. The Kier molecular flexibility index (Phi) is 6.29. The fraction of sp³-hybridized carbons (Fsp3) is 0.150. The van der Waals surface area contributed by atoms with Gasteiger partial charge in [0.15, 0.2) is 5.11 Å². The maximum absolute atomic E-state index is 6.09. The average molecular weight is 434 g/mol. The van der Waals surface area contributed by atoms with Gasteiger partial charge in [-0.2, -0.15) is 0 Å². The zero-order chi connectivity index (χ0) is 17.6. The third-order valence-corrected chi connectivity index (χ3v) is 5.44. The normalized spacial score (nSPS) is 10.6. The second-order valence-electron chi connectivity index (χ2n) is 5.75. The maximum Gasteiger partial charge on any atom is 0.170 e. The Bertz CT molecular complexity index is 893. The van der Waals surface area contributed by atoms with Crippen LogP contribution in [0, 0.1) is 0 Å². The standard InChI is InChI=1S/C20H18BrClN2S/c21-18-11-10-16(13-19(18)22)24-20(25)23-12-4-8-15-7-3-6-14-5-1-2-9-17(14)15/h1-3,5-7,9-11,13H,4,8,12H2,(H2,23,24,25). The van der Waals surface area contributed by atoms with Gasteiger partial charge in [0.05, 0.1) is 5.02 Å². The summed E-state index contributed by atoms with van der Waals surface area (Å²) in [7, 11) is 0. The van der Waals surface area contributed by atoms with E-state index in [2.05, 4.69) is 69.0 Å². The van der Waals surface area contributed by atoms with E-state index in [1.807, 2.05) is 18.2 Å². The maximum atomic E-state index is 6.09. The van der Waals surface area contributed by atoms with Crippen LogP contribution in [0.4, 0.5) is 5.69 Å². The number of rotatable bonds is 5. The minimum atomic E-state index is 0.608. The van der Waals surface area contributed by atoms with Gasteiger partial charge in [-0.05, 0) is 75.5 Å². The van der Waals surface area contributed by atoms with Gasteiger partial charge in [-0.1, -0.05) is 54.1 Å². The highest BCUT2D eigenvalue weighted by molar-refractivity contribution is 9.10. The Morgan fingerprint density at radius 1 is 1.04 bits per heavy atom. The van der Waals surface area contributed by atoms with E-state index in [1.165, 1.54) is 16.3 Å². The smallest absolute Gasteiger partial charge is 0.170 e. The summed E-state index contributed by atoms with van der Waals surface area (Å²) in [5, 5.41) is 10.3. The number of aryl methyl sites for hydroxylation is 1. The molecule has 0 bridgehead atoms. The van der Waals surface area contributed by atoms with Crippen molar-refractivity contribution in [2.45, 2.75) is 12.8 Å². The third kappa shape index (κ3) is 4.94. The van der Waals surface area contributed by atoms with Crippen LogP contribution in [0.15, 0.2) is 65.1 Å². The molecule has 0 aromatic heterocycles. The molecule has 0 aliphatic heterocycles. The van der Waals surface area contributed by atoms with Crippen molar-refractivity contribution in [3.8, 4) is 0 Å². The molecule has 128 valence electrons. The number of thiocarbonyl (C=S) groups is 1. The molecule has 0 fully saturated rings. The third-order valence-electron chi connectivity index (χ3n) is 3.97. The molecule has 0 unspecified atom stereocenters. The topological polar surface area (TPSA) is 24.1 Å². The molecule has 0 heterocycles. The highest BCUT2D eigenvalue weighted by Gasteiger charge is 2.03. The van der Waals surface area contributed by atoms with Gasteiger partial charge in [-0.25, -0.2) is 0 Å². The Morgan fingerprint density at radius 2 is 1.84 bits per heavy atom. The molecule has 0 atom stereocenters. The SMILES string of the molecule is S=C(NCCCc1cccc2ccccc12)Nc1ccc(Br)c(Cl)c1. The van der Waals surface area contributed by atoms with Gasteiger partial charge in [0.1, 0.15) is 0 Å².